The second-order valence-corrected chi connectivity index (χ2v) is 11.7. The number of pyridine rings is 1. The molecule has 0 aliphatic carbocycles. The number of anilines is 2. The Morgan fingerprint density at radius 2 is 1.62 bits per heavy atom. The molecule has 3 aromatic carbocycles. The maximum absolute atomic E-state index is 14.3. The predicted molar refractivity (Wildman–Crippen MR) is 187 cm³/mol. The van der Waals surface area contributed by atoms with Crippen molar-refractivity contribution in [1.82, 2.24) is 19.1 Å². The number of carbonyl (C=O) groups is 2. The standard InChI is InChI=1S/C36H36FN7O6/c1-24(43(31-13-12-28(49-2)22-32(31)50-3)36(48)38-26-10-8-25(37)9-11-26)34-39-30-7-5-4-6-29(30)35(47)44(34)42-20-18-41(19-21-42)33(46)23-40-16-14-27(45)15-17-40/h4-17,22,24H,18-21,23H2,1-3H3,(H,38,48). The molecule has 0 bridgehead atoms. The third-order valence-corrected chi connectivity index (χ3v) is 8.57. The highest BCUT2D eigenvalue weighted by Crippen LogP contribution is 2.37. The van der Waals surface area contributed by atoms with Gasteiger partial charge in [0.15, 0.2) is 11.3 Å². The number of methoxy groups -OCH3 is 2. The van der Waals surface area contributed by atoms with E-state index >= 15 is 0 Å². The molecule has 0 spiro atoms. The van der Waals surface area contributed by atoms with Crippen LogP contribution in [0.3, 0.4) is 0 Å². The first-order valence-electron chi connectivity index (χ1n) is 16.0. The van der Waals surface area contributed by atoms with Crippen LogP contribution in [0.25, 0.3) is 10.9 Å². The molecule has 1 fully saturated rings. The molecule has 1 atom stereocenters. The number of benzene rings is 3. The Morgan fingerprint density at radius 1 is 0.920 bits per heavy atom. The van der Waals surface area contributed by atoms with Gasteiger partial charge in [-0.25, -0.2) is 18.8 Å². The van der Waals surface area contributed by atoms with Gasteiger partial charge >= 0.3 is 6.03 Å². The van der Waals surface area contributed by atoms with Gasteiger partial charge in [0, 0.05) is 49.4 Å². The van der Waals surface area contributed by atoms with E-state index in [1.165, 1.54) is 60.2 Å². The monoisotopic (exact) mass is 681 g/mol. The van der Waals surface area contributed by atoms with Gasteiger partial charge in [0.1, 0.15) is 23.9 Å². The Balaban J connectivity index is 1.38. The van der Waals surface area contributed by atoms with Crippen molar-refractivity contribution < 1.29 is 23.5 Å². The topological polar surface area (TPSA) is 131 Å². The predicted octanol–water partition coefficient (Wildman–Crippen LogP) is 3.99. The lowest BCUT2D eigenvalue weighted by molar-refractivity contribution is -0.132. The minimum absolute atomic E-state index is 0.0713. The summed E-state index contributed by atoms with van der Waals surface area (Å²) in [6.07, 6.45) is 3.14. The van der Waals surface area contributed by atoms with Crippen molar-refractivity contribution in [3.8, 4) is 11.5 Å². The van der Waals surface area contributed by atoms with Crippen molar-refractivity contribution in [3.05, 3.63) is 123 Å². The van der Waals surface area contributed by atoms with Crippen LogP contribution in [-0.2, 0) is 11.3 Å². The molecule has 50 heavy (non-hydrogen) atoms. The highest BCUT2D eigenvalue weighted by molar-refractivity contribution is 6.03. The first kappa shape index (κ1) is 33.7. The number of nitrogens with zero attached hydrogens (tertiary/aromatic N) is 6. The molecule has 6 rings (SSSR count). The number of hydrogen-bond acceptors (Lipinski definition) is 8. The fourth-order valence-corrected chi connectivity index (χ4v) is 5.95. The van der Waals surface area contributed by atoms with E-state index in [0.717, 1.165) is 0 Å². The van der Waals surface area contributed by atoms with E-state index in [1.54, 1.807) is 71.2 Å². The van der Waals surface area contributed by atoms with Crippen LogP contribution >= 0.6 is 0 Å². The molecule has 13 nitrogen and oxygen atoms in total. The Labute approximate surface area is 286 Å². The van der Waals surface area contributed by atoms with Gasteiger partial charge in [-0.3, -0.25) is 19.3 Å². The number of fused-ring (bicyclic) bond motifs is 1. The number of rotatable bonds is 9. The van der Waals surface area contributed by atoms with Gasteiger partial charge in [-0.05, 0) is 55.5 Å². The Hall–Kier alpha value is -6.18. The summed E-state index contributed by atoms with van der Waals surface area (Å²) in [5.41, 5.74) is 0.705. The van der Waals surface area contributed by atoms with Crippen molar-refractivity contribution in [2.75, 3.05) is 55.6 Å². The van der Waals surface area contributed by atoms with Crippen molar-refractivity contribution in [1.29, 1.82) is 0 Å². The van der Waals surface area contributed by atoms with Gasteiger partial charge in [0.25, 0.3) is 5.56 Å². The molecule has 0 saturated carbocycles. The molecule has 3 amide bonds. The molecule has 0 radical (unpaired) electrons. The number of amides is 3. The lowest BCUT2D eigenvalue weighted by Crippen LogP contribution is -2.57. The van der Waals surface area contributed by atoms with Crippen molar-refractivity contribution >= 4 is 34.2 Å². The molecule has 3 heterocycles. The average molecular weight is 682 g/mol. The molecule has 14 heteroatoms. The number of carbonyl (C=O) groups excluding carboxylic acids is 2. The zero-order valence-electron chi connectivity index (χ0n) is 27.8. The summed E-state index contributed by atoms with van der Waals surface area (Å²) >= 11 is 0. The number of aromatic nitrogens is 3. The van der Waals surface area contributed by atoms with Crippen LogP contribution < -0.4 is 35.7 Å². The summed E-state index contributed by atoms with van der Waals surface area (Å²) in [6.45, 7) is 3.10. The maximum Gasteiger partial charge on any atom is 0.327 e. The van der Waals surface area contributed by atoms with Gasteiger partial charge < -0.3 is 29.3 Å². The summed E-state index contributed by atoms with van der Waals surface area (Å²) < 4.78 is 27.9. The summed E-state index contributed by atoms with van der Waals surface area (Å²) in [4.78, 5) is 61.2. The summed E-state index contributed by atoms with van der Waals surface area (Å²) in [7, 11) is 2.99. The number of halogens is 1. The van der Waals surface area contributed by atoms with Gasteiger partial charge in [-0.2, -0.15) is 0 Å². The zero-order valence-corrected chi connectivity index (χ0v) is 27.8. The Morgan fingerprint density at radius 3 is 2.30 bits per heavy atom. The van der Waals surface area contributed by atoms with E-state index in [-0.39, 0.29) is 29.3 Å². The van der Waals surface area contributed by atoms with Gasteiger partial charge in [-0.1, -0.05) is 12.1 Å². The maximum atomic E-state index is 14.3. The van der Waals surface area contributed by atoms with Crippen LogP contribution in [0.15, 0.2) is 101 Å². The molecular weight excluding hydrogens is 645 g/mol. The van der Waals surface area contributed by atoms with Crippen LogP contribution in [0.2, 0.25) is 0 Å². The summed E-state index contributed by atoms with van der Waals surface area (Å²) in [5, 5.41) is 5.06. The number of piperazine rings is 1. The molecule has 1 aliphatic rings. The number of urea groups is 1. The number of para-hydroxylation sites is 1. The lowest BCUT2D eigenvalue weighted by Gasteiger charge is -2.39. The Kier molecular flexibility index (Phi) is 9.79. The van der Waals surface area contributed by atoms with Crippen molar-refractivity contribution in [2.24, 2.45) is 0 Å². The second-order valence-electron chi connectivity index (χ2n) is 11.7. The van der Waals surface area contributed by atoms with E-state index < -0.39 is 17.9 Å². The largest absolute Gasteiger partial charge is 0.497 e. The molecule has 1 saturated heterocycles. The van der Waals surface area contributed by atoms with Gasteiger partial charge in [0.2, 0.25) is 5.91 Å². The minimum atomic E-state index is -0.866. The molecule has 1 unspecified atom stereocenters. The molecule has 1 aliphatic heterocycles. The SMILES string of the molecule is COc1ccc(N(C(=O)Nc2ccc(F)cc2)C(C)c2nc3ccccc3c(=O)n2N2CCN(C(=O)Cn3ccc(=O)cc3)CC2)c(OC)c1. The van der Waals surface area contributed by atoms with Gasteiger partial charge in [-0.15, -0.1) is 0 Å². The zero-order chi connectivity index (χ0) is 35.4. The van der Waals surface area contributed by atoms with E-state index in [2.05, 4.69) is 5.32 Å². The normalized spacial score (nSPS) is 13.5. The quantitative estimate of drug-likeness (QED) is 0.247. The van der Waals surface area contributed by atoms with Crippen molar-refractivity contribution in [2.45, 2.75) is 19.5 Å². The average Bonchev–Trinajstić information content (AvgIpc) is 3.13. The van der Waals surface area contributed by atoms with Crippen LogP contribution in [-0.4, -0.2) is 71.5 Å². The fourth-order valence-electron chi connectivity index (χ4n) is 5.95. The number of hydrogen-bond donors (Lipinski definition) is 1. The Bertz CT molecular complexity index is 2120. The van der Waals surface area contributed by atoms with Crippen LogP contribution in [0, 0.1) is 5.82 Å². The van der Waals surface area contributed by atoms with Crippen molar-refractivity contribution in [3.63, 3.8) is 0 Å². The minimum Gasteiger partial charge on any atom is -0.497 e. The highest BCUT2D eigenvalue weighted by atomic mass is 19.1. The molecule has 2 aromatic heterocycles. The fraction of sp³-hybridized carbons (Fsp3) is 0.250. The summed E-state index contributed by atoms with van der Waals surface area (Å²) in [6, 6.07) is 18.7. The van der Waals surface area contributed by atoms with Crippen LogP contribution in [0.5, 0.6) is 11.5 Å². The highest BCUT2D eigenvalue weighted by Gasteiger charge is 2.33. The lowest BCUT2D eigenvalue weighted by atomic mass is 10.1. The first-order chi connectivity index (χ1) is 24.2. The van der Waals surface area contributed by atoms with Crippen LogP contribution in [0.1, 0.15) is 18.8 Å². The third kappa shape index (κ3) is 6.99. The van der Waals surface area contributed by atoms with Crippen LogP contribution in [0.4, 0.5) is 20.6 Å². The molecular formula is C36H36FN7O6. The second kappa shape index (κ2) is 14.5. The summed E-state index contributed by atoms with van der Waals surface area (Å²) in [5.74, 6) is 0.531. The molecule has 5 aromatic rings. The van der Waals surface area contributed by atoms with E-state index in [1.807, 2.05) is 5.01 Å². The third-order valence-electron chi connectivity index (χ3n) is 8.57. The molecule has 258 valence electrons. The van der Waals surface area contributed by atoms with E-state index in [0.29, 0.717) is 60.0 Å². The number of ether oxygens (including phenoxy) is 2. The van der Waals surface area contributed by atoms with E-state index in [4.69, 9.17) is 14.5 Å². The number of nitrogens with one attached hydrogen (secondary N) is 1. The molecule has 1 N–H and O–H groups in total. The smallest absolute Gasteiger partial charge is 0.327 e. The first-order valence-corrected chi connectivity index (χ1v) is 16.0. The van der Waals surface area contributed by atoms with E-state index in [9.17, 15) is 23.6 Å². The van der Waals surface area contributed by atoms with Gasteiger partial charge in [0.05, 0.1) is 49.9 Å².